The smallest absolute Gasteiger partial charge is 0.302 e. The number of aliphatic hydroxyl groups excluding tert-OH is 3. The Kier molecular flexibility index (Phi) is 7.60. The van der Waals surface area contributed by atoms with Crippen LogP contribution in [0.5, 0.6) is 0 Å². The summed E-state index contributed by atoms with van der Waals surface area (Å²) in [4.78, 5) is 22.8. The van der Waals surface area contributed by atoms with E-state index in [1.165, 1.54) is 13.0 Å². The number of ether oxygens (including phenoxy) is 3. The molecule has 9 heteroatoms. The third-order valence-electron chi connectivity index (χ3n) is 5.70. The van der Waals surface area contributed by atoms with Gasteiger partial charge < -0.3 is 34.6 Å². The highest BCUT2D eigenvalue weighted by Crippen LogP contribution is 2.44. The summed E-state index contributed by atoms with van der Waals surface area (Å²) in [6.45, 7) is 7.80. The van der Waals surface area contributed by atoms with Crippen LogP contribution in [0.25, 0.3) is 0 Å². The van der Waals surface area contributed by atoms with Gasteiger partial charge in [-0.15, -0.1) is 0 Å². The Labute approximate surface area is 175 Å². The maximum absolute atomic E-state index is 11.8. The minimum atomic E-state index is -1.56. The summed E-state index contributed by atoms with van der Waals surface area (Å²) in [7, 11) is 0. The number of hydrogen-bond acceptors (Lipinski definition) is 9. The lowest BCUT2D eigenvalue weighted by atomic mass is 9.64. The minimum Gasteiger partial charge on any atom is -0.463 e. The monoisotopic (exact) mass is 428 g/mol. The van der Waals surface area contributed by atoms with Gasteiger partial charge in [-0.1, -0.05) is 19.9 Å². The van der Waals surface area contributed by atoms with Crippen LogP contribution < -0.4 is 0 Å². The maximum atomic E-state index is 11.8. The van der Waals surface area contributed by atoms with Crippen LogP contribution in [-0.4, -0.2) is 81.2 Å². The molecule has 9 nitrogen and oxygen atoms in total. The fourth-order valence-electron chi connectivity index (χ4n) is 3.76. The van der Waals surface area contributed by atoms with Gasteiger partial charge in [0.25, 0.3) is 0 Å². The van der Waals surface area contributed by atoms with Gasteiger partial charge in [0.05, 0.1) is 6.10 Å². The molecule has 7 atom stereocenters. The van der Waals surface area contributed by atoms with E-state index in [1.807, 2.05) is 0 Å². The van der Waals surface area contributed by atoms with Crippen molar-refractivity contribution in [3.63, 3.8) is 0 Å². The van der Waals surface area contributed by atoms with Gasteiger partial charge in [0.1, 0.15) is 36.6 Å². The van der Waals surface area contributed by atoms with Crippen molar-refractivity contribution in [3.05, 3.63) is 23.8 Å². The number of allylic oxidation sites excluding steroid dienone is 1. The Bertz CT molecular complexity index is 713. The van der Waals surface area contributed by atoms with Crippen LogP contribution in [0.2, 0.25) is 0 Å². The van der Waals surface area contributed by atoms with Crippen LogP contribution in [0, 0.1) is 5.41 Å². The Hall–Kier alpha value is -1.62. The van der Waals surface area contributed by atoms with Crippen LogP contribution in [0.4, 0.5) is 0 Å². The largest absolute Gasteiger partial charge is 0.463 e. The summed E-state index contributed by atoms with van der Waals surface area (Å²) < 4.78 is 16.0. The van der Waals surface area contributed by atoms with Gasteiger partial charge in [0.2, 0.25) is 0 Å². The molecule has 0 saturated carbocycles. The Morgan fingerprint density at radius 3 is 2.50 bits per heavy atom. The lowest BCUT2D eigenvalue weighted by Crippen LogP contribution is -2.59. The number of carbonyl (C=O) groups excluding carboxylic acids is 2. The van der Waals surface area contributed by atoms with Gasteiger partial charge in [-0.3, -0.25) is 9.59 Å². The van der Waals surface area contributed by atoms with E-state index in [1.54, 1.807) is 39.8 Å². The fraction of sp³-hybridized carbons (Fsp3) is 0.714. The normalized spacial score (nSPS) is 37.7. The Morgan fingerprint density at radius 2 is 1.93 bits per heavy atom. The van der Waals surface area contributed by atoms with Crippen LogP contribution >= 0.6 is 0 Å². The summed E-state index contributed by atoms with van der Waals surface area (Å²) in [6.07, 6.45) is -2.85. The molecule has 30 heavy (non-hydrogen) atoms. The zero-order valence-electron chi connectivity index (χ0n) is 17.9. The molecular weight excluding hydrogens is 396 g/mol. The highest BCUT2D eigenvalue weighted by Gasteiger charge is 2.47. The van der Waals surface area contributed by atoms with Crippen molar-refractivity contribution in [2.45, 2.75) is 83.5 Å². The van der Waals surface area contributed by atoms with E-state index >= 15 is 0 Å². The van der Waals surface area contributed by atoms with Crippen LogP contribution in [-0.2, 0) is 23.8 Å². The topological polar surface area (TPSA) is 143 Å². The lowest BCUT2D eigenvalue weighted by molar-refractivity contribution is -0.306. The number of aliphatic hydroxyl groups is 4. The molecule has 1 saturated heterocycles. The van der Waals surface area contributed by atoms with Gasteiger partial charge >= 0.3 is 5.97 Å². The fourth-order valence-corrected chi connectivity index (χ4v) is 3.76. The average Bonchev–Trinajstić information content (AvgIpc) is 2.63. The molecule has 4 N–H and O–H groups in total. The molecule has 0 aromatic heterocycles. The first-order chi connectivity index (χ1) is 13.8. The number of ketones is 1. The molecule has 1 aliphatic carbocycles. The molecule has 0 aromatic rings. The molecule has 0 radical (unpaired) electrons. The number of hydrogen-bond donors (Lipinski definition) is 4. The van der Waals surface area contributed by atoms with Gasteiger partial charge in [0, 0.05) is 18.8 Å². The third-order valence-corrected chi connectivity index (χ3v) is 5.70. The molecule has 1 heterocycles. The average molecular weight is 428 g/mol. The summed E-state index contributed by atoms with van der Waals surface area (Å²) >= 11 is 0. The van der Waals surface area contributed by atoms with Crippen LogP contribution in [0.3, 0.4) is 0 Å². The van der Waals surface area contributed by atoms with Crippen molar-refractivity contribution < 1.29 is 44.2 Å². The number of esters is 1. The molecule has 0 amide bonds. The summed E-state index contributed by atoms with van der Waals surface area (Å²) in [5.41, 5.74) is -1.57. The van der Waals surface area contributed by atoms with Gasteiger partial charge in [-0.05, 0) is 31.6 Å². The molecule has 2 aliphatic rings. The quantitative estimate of drug-likeness (QED) is 0.339. The van der Waals surface area contributed by atoms with E-state index in [2.05, 4.69) is 0 Å². The van der Waals surface area contributed by atoms with E-state index in [-0.39, 0.29) is 18.8 Å². The summed E-state index contributed by atoms with van der Waals surface area (Å²) in [5.74, 6) is -0.629. The van der Waals surface area contributed by atoms with E-state index in [0.29, 0.717) is 5.57 Å². The minimum absolute atomic E-state index is 0.0510. The summed E-state index contributed by atoms with van der Waals surface area (Å²) in [6, 6.07) is 0. The molecule has 2 rings (SSSR count). The Balaban J connectivity index is 2.10. The second-order valence-corrected chi connectivity index (χ2v) is 8.64. The van der Waals surface area contributed by atoms with Crippen molar-refractivity contribution >= 4 is 11.8 Å². The van der Waals surface area contributed by atoms with Crippen molar-refractivity contribution in [1.29, 1.82) is 0 Å². The van der Waals surface area contributed by atoms with Gasteiger partial charge in [-0.2, -0.15) is 0 Å². The molecule has 0 unspecified atom stereocenters. The standard InChI is InChI=1S/C21H32O9/c1-11-8-14(23)9-20(4,5)21(11,27)7-6-12(2)29-19-18(26)17(25)16(24)15(30-19)10-28-13(3)22/h6-8,12,15-19,24-27H,9-10H2,1-5H3/b7-6+/t12-,15-,16-,17+,18-,19-,21-/m1/s1. The molecule has 0 spiro atoms. The van der Waals surface area contributed by atoms with Crippen LogP contribution in [0.1, 0.15) is 41.0 Å². The van der Waals surface area contributed by atoms with Crippen molar-refractivity contribution in [2.75, 3.05) is 6.61 Å². The zero-order chi connectivity index (χ0) is 22.9. The highest BCUT2D eigenvalue weighted by atomic mass is 16.7. The maximum Gasteiger partial charge on any atom is 0.302 e. The molecule has 0 aromatic carbocycles. The van der Waals surface area contributed by atoms with E-state index in [4.69, 9.17) is 14.2 Å². The summed E-state index contributed by atoms with van der Waals surface area (Å²) in [5, 5.41) is 41.4. The van der Waals surface area contributed by atoms with E-state index in [9.17, 15) is 30.0 Å². The van der Waals surface area contributed by atoms with E-state index < -0.39 is 53.8 Å². The van der Waals surface area contributed by atoms with Gasteiger partial charge in [0.15, 0.2) is 12.1 Å². The highest BCUT2D eigenvalue weighted by molar-refractivity contribution is 5.92. The first-order valence-electron chi connectivity index (χ1n) is 9.90. The molecule has 1 fully saturated rings. The first-order valence-corrected chi connectivity index (χ1v) is 9.90. The van der Waals surface area contributed by atoms with Crippen LogP contribution in [0.15, 0.2) is 23.8 Å². The van der Waals surface area contributed by atoms with Crippen molar-refractivity contribution in [3.8, 4) is 0 Å². The SMILES string of the molecule is CC(=O)OC[C@H]1O[C@@H](O[C@H](C)/C=C/[C@@]2(O)C(C)=CC(=O)CC2(C)C)[C@H](O)[C@@H](O)[C@@H]1O. The van der Waals surface area contributed by atoms with Crippen molar-refractivity contribution in [2.24, 2.45) is 5.41 Å². The van der Waals surface area contributed by atoms with Gasteiger partial charge in [-0.25, -0.2) is 0 Å². The number of rotatable bonds is 6. The number of carbonyl (C=O) groups is 2. The zero-order valence-corrected chi connectivity index (χ0v) is 17.9. The Morgan fingerprint density at radius 1 is 1.30 bits per heavy atom. The van der Waals surface area contributed by atoms with E-state index in [0.717, 1.165) is 0 Å². The molecular formula is C21H32O9. The first kappa shape index (κ1) is 24.6. The molecule has 0 bridgehead atoms. The third kappa shape index (κ3) is 5.16. The lowest BCUT2D eigenvalue weighted by Gasteiger charge is -2.44. The second-order valence-electron chi connectivity index (χ2n) is 8.64. The predicted molar refractivity (Wildman–Crippen MR) is 105 cm³/mol. The molecule has 170 valence electrons. The van der Waals surface area contributed by atoms with Crippen molar-refractivity contribution in [1.82, 2.24) is 0 Å². The predicted octanol–water partition coefficient (Wildman–Crippen LogP) is -0.00520. The second kappa shape index (κ2) is 9.25. The molecule has 1 aliphatic heterocycles.